The van der Waals surface area contributed by atoms with Crippen LogP contribution >= 0.6 is 11.6 Å². The first-order chi connectivity index (χ1) is 14.3. The van der Waals surface area contributed by atoms with Crippen molar-refractivity contribution in [1.82, 2.24) is 0 Å². The van der Waals surface area contributed by atoms with Gasteiger partial charge in [0.25, 0.3) is 5.91 Å². The number of hydrogen-bond acceptors (Lipinski definition) is 5. The summed E-state index contributed by atoms with van der Waals surface area (Å²) in [5.41, 5.74) is 1.88. The quantitative estimate of drug-likeness (QED) is 0.628. The standard InChI is InChI=1S/C22H15ClN2O5/c1-12-2-3-13(21(27)28)10-17(12)19-9-8-16(30-19)11-18-20(26)25(22(29)24-18)15-6-4-14(23)5-7-15/h2-10H,11H2,1H3,(H,27,28)/p-1. The maximum Gasteiger partial charge on any atom is 0.355 e. The molecular formula is C22H14ClN2O5-. The number of nitrogens with zero attached hydrogens (tertiary/aromatic N) is 2. The molecule has 0 radical (unpaired) electrons. The Labute approximate surface area is 176 Å². The number of rotatable bonds is 5. The summed E-state index contributed by atoms with van der Waals surface area (Å²) in [6.07, 6.45) is 0.0217. The molecule has 7 nitrogen and oxygen atoms in total. The molecule has 150 valence electrons. The molecular weight excluding hydrogens is 408 g/mol. The summed E-state index contributed by atoms with van der Waals surface area (Å²) in [6.45, 7) is 1.82. The highest BCUT2D eigenvalue weighted by Gasteiger charge is 2.34. The van der Waals surface area contributed by atoms with E-state index in [1.165, 1.54) is 12.1 Å². The SMILES string of the molecule is Cc1ccc(C(=O)[O-])cc1-c1ccc(CC2=NC(=O)N(c3ccc(Cl)cc3)C2=O)o1. The van der Waals surface area contributed by atoms with Crippen LogP contribution < -0.4 is 10.0 Å². The van der Waals surface area contributed by atoms with Crippen LogP contribution in [0.5, 0.6) is 0 Å². The molecule has 2 heterocycles. The Bertz CT molecular complexity index is 1210. The number of aromatic carboxylic acids is 1. The van der Waals surface area contributed by atoms with Gasteiger partial charge in [-0.15, -0.1) is 0 Å². The summed E-state index contributed by atoms with van der Waals surface area (Å²) in [5.74, 6) is -0.955. The van der Waals surface area contributed by atoms with Crippen molar-refractivity contribution < 1.29 is 23.9 Å². The summed E-state index contributed by atoms with van der Waals surface area (Å²) in [5, 5.41) is 11.6. The van der Waals surface area contributed by atoms with E-state index < -0.39 is 17.9 Å². The summed E-state index contributed by atoms with van der Waals surface area (Å²) >= 11 is 5.85. The molecule has 0 fully saturated rings. The highest BCUT2D eigenvalue weighted by molar-refractivity contribution is 6.53. The second kappa shape index (κ2) is 7.61. The molecule has 1 aromatic heterocycles. The van der Waals surface area contributed by atoms with Gasteiger partial charge in [0, 0.05) is 10.6 Å². The number of anilines is 1. The number of halogens is 1. The minimum Gasteiger partial charge on any atom is -0.545 e. The number of amides is 3. The lowest BCUT2D eigenvalue weighted by Gasteiger charge is -2.12. The second-order valence-corrected chi connectivity index (χ2v) is 7.15. The normalized spacial score (nSPS) is 13.7. The van der Waals surface area contributed by atoms with Crippen molar-refractivity contribution >= 4 is 40.9 Å². The Morgan fingerprint density at radius 1 is 1.10 bits per heavy atom. The Hall–Kier alpha value is -3.71. The summed E-state index contributed by atoms with van der Waals surface area (Å²) < 4.78 is 5.79. The molecule has 1 aliphatic heterocycles. The fourth-order valence-electron chi connectivity index (χ4n) is 3.16. The lowest BCUT2D eigenvalue weighted by atomic mass is 10.0. The van der Waals surface area contributed by atoms with Crippen LogP contribution in [0.3, 0.4) is 0 Å². The number of hydrogen-bond donors (Lipinski definition) is 0. The van der Waals surface area contributed by atoms with E-state index in [4.69, 9.17) is 16.0 Å². The number of furan rings is 1. The Morgan fingerprint density at radius 2 is 1.83 bits per heavy atom. The molecule has 3 aromatic rings. The first-order valence-electron chi connectivity index (χ1n) is 8.96. The van der Waals surface area contributed by atoms with Gasteiger partial charge in [0.2, 0.25) is 0 Å². The van der Waals surface area contributed by atoms with E-state index in [1.807, 2.05) is 6.92 Å². The zero-order valence-corrected chi connectivity index (χ0v) is 16.5. The molecule has 3 amide bonds. The molecule has 4 rings (SSSR count). The van der Waals surface area contributed by atoms with E-state index in [-0.39, 0.29) is 17.7 Å². The highest BCUT2D eigenvalue weighted by atomic mass is 35.5. The zero-order chi connectivity index (χ0) is 21.4. The van der Waals surface area contributed by atoms with Gasteiger partial charge in [0.15, 0.2) is 0 Å². The van der Waals surface area contributed by atoms with E-state index >= 15 is 0 Å². The first kappa shape index (κ1) is 19.6. The number of carbonyl (C=O) groups is 3. The van der Waals surface area contributed by atoms with E-state index in [0.717, 1.165) is 10.5 Å². The number of carboxylic acids is 1. The number of benzene rings is 2. The molecule has 1 aliphatic rings. The average molecular weight is 422 g/mol. The van der Waals surface area contributed by atoms with Crippen LogP contribution in [-0.2, 0) is 11.2 Å². The second-order valence-electron chi connectivity index (χ2n) is 6.72. The molecule has 30 heavy (non-hydrogen) atoms. The van der Waals surface area contributed by atoms with Gasteiger partial charge in [0.05, 0.1) is 18.1 Å². The largest absolute Gasteiger partial charge is 0.545 e. The third kappa shape index (κ3) is 3.62. The average Bonchev–Trinajstić information content (AvgIpc) is 3.27. The Morgan fingerprint density at radius 3 is 2.53 bits per heavy atom. The van der Waals surface area contributed by atoms with Crippen LogP contribution in [0.15, 0.2) is 64.0 Å². The predicted molar refractivity (Wildman–Crippen MR) is 109 cm³/mol. The number of carbonyl (C=O) groups excluding carboxylic acids is 3. The number of urea groups is 1. The monoisotopic (exact) mass is 421 g/mol. The van der Waals surface area contributed by atoms with Crippen molar-refractivity contribution in [2.75, 3.05) is 4.90 Å². The van der Waals surface area contributed by atoms with Gasteiger partial charge in [-0.05, 0) is 60.5 Å². The van der Waals surface area contributed by atoms with Crippen LogP contribution in [0.4, 0.5) is 10.5 Å². The van der Waals surface area contributed by atoms with E-state index in [1.54, 1.807) is 42.5 Å². The fraction of sp³-hybridized carbons (Fsp3) is 0.0909. The number of carboxylic acid groups (broad SMARTS) is 1. The maximum atomic E-state index is 12.7. The number of aryl methyl sites for hydroxylation is 1. The predicted octanol–water partition coefficient (Wildman–Crippen LogP) is 3.42. The minimum absolute atomic E-state index is 0.0217. The van der Waals surface area contributed by atoms with Crippen LogP contribution in [-0.4, -0.2) is 23.6 Å². The topological polar surface area (TPSA) is 103 Å². The fourth-order valence-corrected chi connectivity index (χ4v) is 3.29. The molecule has 0 bridgehead atoms. The van der Waals surface area contributed by atoms with E-state index in [9.17, 15) is 19.5 Å². The number of aliphatic imine (C=N–C) groups is 1. The summed E-state index contributed by atoms with van der Waals surface area (Å²) in [6, 6.07) is 13.5. The molecule has 0 saturated heterocycles. The van der Waals surface area contributed by atoms with Crippen molar-refractivity contribution in [3.05, 3.63) is 76.5 Å². The Kier molecular flexibility index (Phi) is 4.97. The van der Waals surface area contributed by atoms with Gasteiger partial charge in [0.1, 0.15) is 17.2 Å². The van der Waals surface area contributed by atoms with Gasteiger partial charge in [-0.1, -0.05) is 23.7 Å². The Balaban J connectivity index is 1.56. The van der Waals surface area contributed by atoms with Gasteiger partial charge < -0.3 is 14.3 Å². The van der Waals surface area contributed by atoms with Gasteiger partial charge in [-0.3, -0.25) is 4.79 Å². The number of imide groups is 1. The van der Waals surface area contributed by atoms with Crippen molar-refractivity contribution in [2.45, 2.75) is 13.3 Å². The molecule has 8 heteroatoms. The summed E-state index contributed by atoms with van der Waals surface area (Å²) in [7, 11) is 0. The van der Waals surface area contributed by atoms with Crippen LogP contribution in [0, 0.1) is 6.92 Å². The lowest BCUT2D eigenvalue weighted by molar-refractivity contribution is -0.255. The van der Waals surface area contributed by atoms with Gasteiger partial charge >= 0.3 is 6.03 Å². The van der Waals surface area contributed by atoms with Crippen molar-refractivity contribution in [3.63, 3.8) is 0 Å². The molecule has 0 unspecified atom stereocenters. The maximum absolute atomic E-state index is 12.7. The van der Waals surface area contributed by atoms with E-state index in [0.29, 0.717) is 27.8 Å². The highest BCUT2D eigenvalue weighted by Crippen LogP contribution is 2.28. The van der Waals surface area contributed by atoms with Gasteiger partial charge in [-0.25, -0.2) is 9.69 Å². The molecule has 0 spiro atoms. The van der Waals surface area contributed by atoms with Gasteiger partial charge in [-0.2, -0.15) is 4.99 Å². The smallest absolute Gasteiger partial charge is 0.355 e. The molecule has 0 aliphatic carbocycles. The molecule has 0 saturated carbocycles. The molecule has 0 N–H and O–H groups in total. The van der Waals surface area contributed by atoms with Crippen molar-refractivity contribution in [2.24, 2.45) is 4.99 Å². The third-order valence-electron chi connectivity index (χ3n) is 4.70. The first-order valence-corrected chi connectivity index (χ1v) is 9.34. The third-order valence-corrected chi connectivity index (χ3v) is 4.95. The van der Waals surface area contributed by atoms with E-state index in [2.05, 4.69) is 4.99 Å². The minimum atomic E-state index is -1.28. The lowest BCUT2D eigenvalue weighted by Crippen LogP contribution is -2.33. The zero-order valence-electron chi connectivity index (χ0n) is 15.7. The molecule has 0 atom stereocenters. The summed E-state index contributed by atoms with van der Waals surface area (Å²) in [4.78, 5) is 40.9. The van der Waals surface area contributed by atoms with Crippen molar-refractivity contribution in [3.8, 4) is 11.3 Å². The van der Waals surface area contributed by atoms with Crippen LogP contribution in [0.2, 0.25) is 5.02 Å². The molecule has 2 aromatic carbocycles. The van der Waals surface area contributed by atoms with Crippen molar-refractivity contribution in [1.29, 1.82) is 0 Å². The van der Waals surface area contributed by atoms with Crippen LogP contribution in [0.1, 0.15) is 21.7 Å². The van der Waals surface area contributed by atoms with Crippen LogP contribution in [0.25, 0.3) is 11.3 Å².